The third-order valence-corrected chi connectivity index (χ3v) is 4.90. The van der Waals surface area contributed by atoms with Gasteiger partial charge in [0.25, 0.3) is 11.6 Å². The van der Waals surface area contributed by atoms with Gasteiger partial charge in [-0.25, -0.2) is 0 Å². The quantitative estimate of drug-likeness (QED) is 0.438. The summed E-state index contributed by atoms with van der Waals surface area (Å²) in [7, 11) is 1.48. The Morgan fingerprint density at radius 3 is 2.62 bits per heavy atom. The summed E-state index contributed by atoms with van der Waals surface area (Å²) < 4.78 is 6.06. The Bertz CT molecular complexity index is 1040. The number of rotatable bonds is 4. The van der Waals surface area contributed by atoms with Crippen molar-refractivity contribution in [3.8, 4) is 5.75 Å². The monoisotopic (exact) mass is 434 g/mol. The molecule has 8 heteroatoms. The van der Waals surface area contributed by atoms with E-state index in [2.05, 4.69) is 21.2 Å². The summed E-state index contributed by atoms with van der Waals surface area (Å²) in [6.45, 7) is 0. The molecule has 0 aliphatic rings. The number of ether oxygens (including phenoxy) is 1. The van der Waals surface area contributed by atoms with E-state index in [1.165, 1.54) is 25.3 Å². The van der Waals surface area contributed by atoms with Crippen LogP contribution in [-0.2, 0) is 0 Å². The maximum Gasteiger partial charge on any atom is 0.271 e. The van der Waals surface area contributed by atoms with Gasteiger partial charge in [-0.3, -0.25) is 14.9 Å². The van der Waals surface area contributed by atoms with Crippen LogP contribution in [0.4, 0.5) is 11.4 Å². The van der Waals surface area contributed by atoms with Crippen LogP contribution in [0, 0.1) is 10.1 Å². The Kier molecular flexibility index (Phi) is 5.11. The molecule has 0 aliphatic carbocycles. The molecule has 3 rings (SSSR count). The minimum atomic E-state index is -0.555. The average molecular weight is 436 g/mol. The van der Waals surface area contributed by atoms with Crippen molar-refractivity contribution in [2.24, 2.45) is 0 Å². The van der Waals surface area contributed by atoms with Crippen molar-refractivity contribution in [1.82, 2.24) is 0 Å². The number of nitro benzene ring substituents is 1. The van der Waals surface area contributed by atoms with Gasteiger partial charge in [0.2, 0.25) is 0 Å². The lowest BCUT2D eigenvalue weighted by molar-refractivity contribution is -0.384. The molecule has 0 heterocycles. The summed E-state index contributed by atoms with van der Waals surface area (Å²) >= 11 is 9.53. The molecule has 1 N–H and O–H groups in total. The number of fused-ring (bicyclic) bond motifs is 1. The standard InChI is InChI=1S/C18H12BrClN2O4/c1-26-17-13(8-10-4-2-3-5-12(10)16(17)19)18(23)21-15-7-6-11(22(24)25)9-14(15)20/h2-9H,1H3,(H,21,23). The van der Waals surface area contributed by atoms with E-state index >= 15 is 0 Å². The highest BCUT2D eigenvalue weighted by Gasteiger charge is 2.19. The first-order valence-electron chi connectivity index (χ1n) is 7.43. The summed E-state index contributed by atoms with van der Waals surface area (Å²) in [4.78, 5) is 23.0. The smallest absolute Gasteiger partial charge is 0.271 e. The predicted molar refractivity (Wildman–Crippen MR) is 104 cm³/mol. The van der Waals surface area contributed by atoms with Gasteiger partial charge in [0.05, 0.1) is 32.8 Å². The normalized spacial score (nSPS) is 10.6. The Morgan fingerprint density at radius 1 is 1.23 bits per heavy atom. The van der Waals surface area contributed by atoms with Gasteiger partial charge in [-0.2, -0.15) is 0 Å². The van der Waals surface area contributed by atoms with E-state index in [0.717, 1.165) is 10.8 Å². The highest BCUT2D eigenvalue weighted by Crippen LogP contribution is 2.37. The van der Waals surface area contributed by atoms with E-state index in [0.29, 0.717) is 15.8 Å². The van der Waals surface area contributed by atoms with Crippen LogP contribution in [0.5, 0.6) is 5.75 Å². The third kappa shape index (κ3) is 3.36. The molecule has 0 saturated heterocycles. The van der Waals surface area contributed by atoms with Crippen LogP contribution in [0.15, 0.2) is 53.0 Å². The molecule has 0 spiro atoms. The first-order valence-corrected chi connectivity index (χ1v) is 8.60. The third-order valence-electron chi connectivity index (χ3n) is 3.80. The van der Waals surface area contributed by atoms with Crippen molar-refractivity contribution in [2.45, 2.75) is 0 Å². The second-order valence-electron chi connectivity index (χ2n) is 5.37. The number of nitrogens with one attached hydrogen (secondary N) is 1. The van der Waals surface area contributed by atoms with Crippen LogP contribution < -0.4 is 10.1 Å². The maximum absolute atomic E-state index is 12.8. The SMILES string of the molecule is COc1c(C(=O)Nc2ccc([N+](=O)[O-])cc2Cl)cc2ccccc2c1Br. The molecule has 0 aliphatic heterocycles. The molecule has 0 aromatic heterocycles. The summed E-state index contributed by atoms with van der Waals surface area (Å²) in [5.74, 6) is -0.0525. The van der Waals surface area contributed by atoms with Crippen molar-refractivity contribution in [3.63, 3.8) is 0 Å². The number of anilines is 1. The molecule has 0 saturated carbocycles. The highest BCUT2D eigenvalue weighted by atomic mass is 79.9. The number of methoxy groups -OCH3 is 1. The second kappa shape index (κ2) is 7.31. The van der Waals surface area contributed by atoms with Gasteiger partial charge in [0.15, 0.2) is 0 Å². The summed E-state index contributed by atoms with van der Waals surface area (Å²) in [6, 6.07) is 13.1. The van der Waals surface area contributed by atoms with Gasteiger partial charge in [0.1, 0.15) is 5.75 Å². The summed E-state index contributed by atoms with van der Waals surface area (Å²) in [5, 5.41) is 15.3. The van der Waals surface area contributed by atoms with Crippen molar-refractivity contribution in [1.29, 1.82) is 0 Å². The fourth-order valence-corrected chi connectivity index (χ4v) is 3.52. The van der Waals surface area contributed by atoms with Crippen LogP contribution in [0.1, 0.15) is 10.4 Å². The van der Waals surface area contributed by atoms with Crippen LogP contribution in [0.3, 0.4) is 0 Å². The zero-order chi connectivity index (χ0) is 18.8. The number of nitro groups is 1. The first-order chi connectivity index (χ1) is 12.4. The minimum absolute atomic E-state index is 0.0753. The number of halogens is 2. The Morgan fingerprint density at radius 2 is 1.96 bits per heavy atom. The van der Waals surface area contributed by atoms with E-state index in [1.807, 2.05) is 24.3 Å². The number of hydrogen-bond acceptors (Lipinski definition) is 4. The maximum atomic E-state index is 12.8. The molecule has 3 aromatic rings. The largest absolute Gasteiger partial charge is 0.495 e. The molecule has 0 bridgehead atoms. The van der Waals surface area contributed by atoms with Gasteiger partial charge in [-0.05, 0) is 38.8 Å². The molecule has 6 nitrogen and oxygen atoms in total. The number of carbonyl (C=O) groups excluding carboxylic acids is 1. The molecule has 0 atom stereocenters. The highest BCUT2D eigenvalue weighted by molar-refractivity contribution is 9.10. The van der Waals surface area contributed by atoms with Crippen LogP contribution in [0.25, 0.3) is 10.8 Å². The van der Waals surface area contributed by atoms with Crippen molar-refractivity contribution in [3.05, 3.63) is 73.7 Å². The van der Waals surface area contributed by atoms with E-state index in [4.69, 9.17) is 16.3 Å². The molecular formula is C18H12BrClN2O4. The van der Waals surface area contributed by atoms with Crippen LogP contribution in [-0.4, -0.2) is 17.9 Å². The first kappa shape index (κ1) is 18.2. The van der Waals surface area contributed by atoms with E-state index in [9.17, 15) is 14.9 Å². The van der Waals surface area contributed by atoms with Gasteiger partial charge in [0, 0.05) is 12.1 Å². The lowest BCUT2D eigenvalue weighted by Crippen LogP contribution is -2.14. The fraction of sp³-hybridized carbons (Fsp3) is 0.0556. The minimum Gasteiger partial charge on any atom is -0.495 e. The molecular weight excluding hydrogens is 424 g/mol. The number of non-ortho nitro benzene ring substituents is 1. The topological polar surface area (TPSA) is 81.5 Å². The van der Waals surface area contributed by atoms with E-state index in [1.54, 1.807) is 6.07 Å². The number of amides is 1. The summed E-state index contributed by atoms with van der Waals surface area (Å²) in [6.07, 6.45) is 0. The lowest BCUT2D eigenvalue weighted by atomic mass is 10.1. The van der Waals surface area contributed by atoms with E-state index in [-0.39, 0.29) is 16.4 Å². The molecule has 1 amide bonds. The molecule has 0 fully saturated rings. The van der Waals surface area contributed by atoms with Gasteiger partial charge >= 0.3 is 0 Å². The van der Waals surface area contributed by atoms with Gasteiger partial charge < -0.3 is 10.1 Å². The molecule has 26 heavy (non-hydrogen) atoms. The van der Waals surface area contributed by atoms with Crippen molar-refractivity contribution >= 4 is 55.6 Å². The zero-order valence-corrected chi connectivity index (χ0v) is 15.8. The summed E-state index contributed by atoms with van der Waals surface area (Å²) in [5.41, 5.74) is 0.431. The number of carbonyl (C=O) groups is 1. The molecule has 132 valence electrons. The second-order valence-corrected chi connectivity index (χ2v) is 6.57. The number of hydrogen-bond donors (Lipinski definition) is 1. The van der Waals surface area contributed by atoms with Gasteiger partial charge in [-0.1, -0.05) is 35.9 Å². The van der Waals surface area contributed by atoms with Crippen molar-refractivity contribution < 1.29 is 14.5 Å². The average Bonchev–Trinajstić information content (AvgIpc) is 2.63. The Labute approximate surface area is 162 Å². The number of benzene rings is 3. The zero-order valence-electron chi connectivity index (χ0n) is 13.5. The van der Waals surface area contributed by atoms with Crippen LogP contribution in [0.2, 0.25) is 5.02 Å². The molecule has 3 aromatic carbocycles. The predicted octanol–water partition coefficient (Wildman–Crippen LogP) is 5.42. The number of nitrogens with zero attached hydrogens (tertiary/aromatic N) is 1. The van der Waals surface area contributed by atoms with Crippen molar-refractivity contribution in [2.75, 3.05) is 12.4 Å². The van der Waals surface area contributed by atoms with Gasteiger partial charge in [-0.15, -0.1) is 0 Å². The van der Waals surface area contributed by atoms with E-state index < -0.39 is 10.8 Å². The lowest BCUT2D eigenvalue weighted by Gasteiger charge is -2.14. The fourth-order valence-electron chi connectivity index (χ4n) is 2.56. The van der Waals surface area contributed by atoms with Crippen LogP contribution >= 0.6 is 27.5 Å². The molecule has 0 unspecified atom stereocenters. The Balaban J connectivity index is 2.01. The Hall–Kier alpha value is -2.64. The molecule has 0 radical (unpaired) electrons.